The Kier molecular flexibility index (Phi) is 3.35. The van der Waals surface area contributed by atoms with Gasteiger partial charge < -0.3 is 15.2 Å². The van der Waals surface area contributed by atoms with Crippen molar-refractivity contribution in [1.82, 2.24) is 15.0 Å². The highest BCUT2D eigenvalue weighted by Gasteiger charge is 2.15. The van der Waals surface area contributed by atoms with Crippen molar-refractivity contribution < 1.29 is 4.52 Å². The minimum absolute atomic E-state index is 0.451. The van der Waals surface area contributed by atoms with Crippen molar-refractivity contribution in [3.63, 3.8) is 0 Å². The molecule has 2 N–H and O–H groups in total. The maximum atomic E-state index is 5.47. The molecule has 0 atom stereocenters. The molecular weight excluding hydrogens is 192 g/mol. The molecule has 0 aliphatic carbocycles. The minimum atomic E-state index is 0.451. The summed E-state index contributed by atoms with van der Waals surface area (Å²) in [5.41, 5.74) is 6.30. The largest absolute Gasteiger partial charge is 0.360 e. The first-order valence-electron chi connectivity index (χ1n) is 5.33. The summed E-state index contributed by atoms with van der Waals surface area (Å²) in [4.78, 5) is 4.71. The second-order valence-electron chi connectivity index (χ2n) is 4.07. The van der Waals surface area contributed by atoms with Crippen molar-refractivity contribution in [2.45, 2.75) is 13.1 Å². The second-order valence-corrected chi connectivity index (χ2v) is 4.07. The Balaban J connectivity index is 1.86. The number of piperazine rings is 1. The molecule has 1 aromatic heterocycles. The minimum Gasteiger partial charge on any atom is -0.360 e. The Morgan fingerprint density at radius 1 is 1.40 bits per heavy atom. The Morgan fingerprint density at radius 2 is 2.13 bits per heavy atom. The lowest BCUT2D eigenvalue weighted by molar-refractivity contribution is 0.137. The van der Waals surface area contributed by atoms with Crippen LogP contribution in [0.2, 0.25) is 0 Å². The molecule has 5 nitrogen and oxygen atoms in total. The van der Waals surface area contributed by atoms with Gasteiger partial charge >= 0.3 is 0 Å². The Labute approximate surface area is 89.8 Å². The summed E-state index contributed by atoms with van der Waals surface area (Å²) in [6.07, 6.45) is 0. The highest BCUT2D eigenvalue weighted by molar-refractivity contribution is 5.04. The molecule has 1 fully saturated rings. The maximum absolute atomic E-state index is 5.47. The van der Waals surface area contributed by atoms with Crippen molar-refractivity contribution in [1.29, 1.82) is 0 Å². The van der Waals surface area contributed by atoms with Crippen LogP contribution in [0.1, 0.15) is 11.5 Å². The Morgan fingerprint density at radius 3 is 2.73 bits per heavy atom. The van der Waals surface area contributed by atoms with Gasteiger partial charge in [0.1, 0.15) is 0 Å². The summed E-state index contributed by atoms with van der Waals surface area (Å²) in [5, 5.41) is 3.88. The first-order chi connectivity index (χ1) is 7.28. The van der Waals surface area contributed by atoms with E-state index in [-0.39, 0.29) is 0 Å². The molecule has 1 aliphatic rings. The molecule has 0 saturated carbocycles. The van der Waals surface area contributed by atoms with Crippen LogP contribution in [0.25, 0.3) is 0 Å². The van der Waals surface area contributed by atoms with Crippen LogP contribution >= 0.6 is 0 Å². The van der Waals surface area contributed by atoms with E-state index >= 15 is 0 Å². The van der Waals surface area contributed by atoms with Crippen molar-refractivity contribution in [2.75, 3.05) is 33.2 Å². The summed E-state index contributed by atoms with van der Waals surface area (Å²) >= 11 is 0. The summed E-state index contributed by atoms with van der Waals surface area (Å²) in [6.45, 7) is 5.73. The smallest absolute Gasteiger partial charge is 0.151 e. The van der Waals surface area contributed by atoms with Crippen molar-refractivity contribution in [3.8, 4) is 0 Å². The van der Waals surface area contributed by atoms with Crippen LogP contribution in [0.15, 0.2) is 10.6 Å². The van der Waals surface area contributed by atoms with E-state index in [0.717, 1.165) is 44.2 Å². The number of nitrogens with zero attached hydrogens (tertiary/aromatic N) is 3. The molecule has 84 valence electrons. The van der Waals surface area contributed by atoms with E-state index in [2.05, 4.69) is 22.0 Å². The lowest BCUT2D eigenvalue weighted by Gasteiger charge is -2.31. The van der Waals surface area contributed by atoms with Gasteiger partial charge in [0.2, 0.25) is 0 Å². The van der Waals surface area contributed by atoms with E-state index in [0.29, 0.717) is 6.54 Å². The van der Waals surface area contributed by atoms with E-state index in [1.807, 2.05) is 6.07 Å². The first kappa shape index (κ1) is 10.6. The van der Waals surface area contributed by atoms with Gasteiger partial charge in [-0.3, -0.25) is 4.90 Å². The molecule has 0 spiro atoms. The third-order valence-electron chi connectivity index (χ3n) is 2.79. The summed E-state index contributed by atoms with van der Waals surface area (Å²) in [6, 6.07) is 1.94. The zero-order valence-corrected chi connectivity index (χ0v) is 9.15. The van der Waals surface area contributed by atoms with Crippen LogP contribution in [0.4, 0.5) is 0 Å². The lowest BCUT2D eigenvalue weighted by atomic mass is 10.3. The monoisotopic (exact) mass is 210 g/mol. The number of hydrogen-bond donors (Lipinski definition) is 1. The van der Waals surface area contributed by atoms with Crippen LogP contribution in [0.5, 0.6) is 0 Å². The molecule has 0 bridgehead atoms. The molecule has 0 unspecified atom stereocenters. The molecule has 2 rings (SSSR count). The van der Waals surface area contributed by atoms with E-state index in [4.69, 9.17) is 10.3 Å². The van der Waals surface area contributed by atoms with Crippen LogP contribution in [-0.2, 0) is 13.1 Å². The van der Waals surface area contributed by atoms with Crippen LogP contribution in [0, 0.1) is 0 Å². The van der Waals surface area contributed by atoms with E-state index in [1.165, 1.54) is 0 Å². The zero-order valence-electron chi connectivity index (χ0n) is 9.15. The quantitative estimate of drug-likeness (QED) is 0.753. The Bertz CT molecular complexity index is 304. The fraction of sp³-hybridized carbons (Fsp3) is 0.700. The third-order valence-corrected chi connectivity index (χ3v) is 2.79. The highest BCUT2D eigenvalue weighted by atomic mass is 16.5. The lowest BCUT2D eigenvalue weighted by Crippen LogP contribution is -2.43. The van der Waals surface area contributed by atoms with Gasteiger partial charge in [-0.15, -0.1) is 0 Å². The average molecular weight is 210 g/mol. The normalized spacial score (nSPS) is 19.6. The van der Waals surface area contributed by atoms with Gasteiger partial charge in [0.25, 0.3) is 0 Å². The molecule has 1 saturated heterocycles. The number of rotatable bonds is 3. The molecule has 15 heavy (non-hydrogen) atoms. The van der Waals surface area contributed by atoms with Crippen molar-refractivity contribution in [2.24, 2.45) is 5.73 Å². The van der Waals surface area contributed by atoms with Gasteiger partial charge in [-0.25, -0.2) is 0 Å². The molecule has 0 aromatic carbocycles. The second kappa shape index (κ2) is 4.74. The predicted octanol–water partition coefficient (Wildman–Crippen LogP) is -0.119. The number of likely N-dealkylation sites (N-methyl/N-ethyl adjacent to an activating group) is 1. The van der Waals surface area contributed by atoms with Gasteiger partial charge in [0.15, 0.2) is 5.76 Å². The summed E-state index contributed by atoms with van der Waals surface area (Å²) in [5.74, 6) is 0.917. The topological polar surface area (TPSA) is 58.5 Å². The summed E-state index contributed by atoms with van der Waals surface area (Å²) < 4.78 is 5.20. The van der Waals surface area contributed by atoms with Crippen LogP contribution < -0.4 is 5.73 Å². The average Bonchev–Trinajstić information content (AvgIpc) is 2.69. The van der Waals surface area contributed by atoms with Crippen LogP contribution in [0.3, 0.4) is 0 Å². The van der Waals surface area contributed by atoms with Gasteiger partial charge in [-0.1, -0.05) is 5.16 Å². The molecule has 2 heterocycles. The van der Waals surface area contributed by atoms with Crippen molar-refractivity contribution in [3.05, 3.63) is 17.5 Å². The molecule has 1 aromatic rings. The fourth-order valence-corrected chi connectivity index (χ4v) is 1.75. The maximum Gasteiger partial charge on any atom is 0.151 e. The zero-order chi connectivity index (χ0) is 10.7. The van der Waals surface area contributed by atoms with Crippen molar-refractivity contribution >= 4 is 0 Å². The molecule has 1 aliphatic heterocycles. The predicted molar refractivity (Wildman–Crippen MR) is 57.2 cm³/mol. The van der Waals surface area contributed by atoms with Crippen LogP contribution in [-0.4, -0.2) is 48.2 Å². The Hall–Kier alpha value is -0.910. The number of aromatic nitrogens is 1. The first-order valence-corrected chi connectivity index (χ1v) is 5.33. The third kappa shape index (κ3) is 2.77. The fourth-order valence-electron chi connectivity index (χ4n) is 1.75. The molecule has 0 amide bonds. The summed E-state index contributed by atoms with van der Waals surface area (Å²) in [7, 11) is 2.15. The number of hydrogen-bond acceptors (Lipinski definition) is 5. The molecular formula is C10H18N4O. The standard InChI is InChI=1S/C10H18N4O/c1-13-2-4-14(5-3-13)8-10-6-9(7-11)12-15-10/h6H,2-5,7-8,11H2,1H3. The SMILES string of the molecule is CN1CCN(Cc2cc(CN)no2)CC1. The van der Waals surface area contributed by atoms with E-state index in [9.17, 15) is 0 Å². The van der Waals surface area contributed by atoms with Gasteiger partial charge in [-0.2, -0.15) is 0 Å². The number of nitrogens with two attached hydrogens (primary N) is 1. The molecule has 5 heteroatoms. The molecule has 0 radical (unpaired) electrons. The van der Waals surface area contributed by atoms with E-state index in [1.54, 1.807) is 0 Å². The van der Waals surface area contributed by atoms with Gasteiger partial charge in [-0.05, 0) is 7.05 Å². The van der Waals surface area contributed by atoms with Gasteiger partial charge in [0, 0.05) is 38.8 Å². The van der Waals surface area contributed by atoms with Gasteiger partial charge in [0.05, 0.1) is 12.2 Å². The van der Waals surface area contributed by atoms with E-state index < -0.39 is 0 Å². The highest BCUT2D eigenvalue weighted by Crippen LogP contribution is 2.08.